The lowest BCUT2D eigenvalue weighted by Crippen LogP contribution is -2.48. The van der Waals surface area contributed by atoms with E-state index >= 15 is 0 Å². The van der Waals surface area contributed by atoms with E-state index in [-0.39, 0.29) is 11.7 Å². The molecule has 11 nitrogen and oxygen atoms in total. The molecule has 246 valence electrons. The molecule has 3 N–H and O–H groups in total. The molecule has 4 aromatic rings. The SMILES string of the molecule is Cn1c(C(=O)N2CCN(Cc3ccc(OCC(F)(F)F)cc3)CC2)cc2ccc(Oc3ccc(N)cn3)cc21.O=S(=O)(O)C1CC1. The zero-order valence-electron chi connectivity index (χ0n) is 25.0. The van der Waals surface area contributed by atoms with Crippen LogP contribution in [0.2, 0.25) is 0 Å². The first kappa shape index (κ1) is 33.0. The Morgan fingerprint density at radius 2 is 1.67 bits per heavy atom. The van der Waals surface area contributed by atoms with Gasteiger partial charge in [0.25, 0.3) is 16.0 Å². The fraction of sp³-hybridized carbons (Fsp3) is 0.355. The summed E-state index contributed by atoms with van der Waals surface area (Å²) in [6, 6.07) is 17.5. The van der Waals surface area contributed by atoms with Crippen LogP contribution in [-0.4, -0.2) is 82.4 Å². The first-order valence-corrected chi connectivity index (χ1v) is 16.0. The smallest absolute Gasteiger partial charge is 0.422 e. The average molecular weight is 662 g/mol. The highest BCUT2D eigenvalue weighted by molar-refractivity contribution is 7.86. The summed E-state index contributed by atoms with van der Waals surface area (Å²) in [6.07, 6.45) is -1.56. The second kappa shape index (κ2) is 13.6. The molecule has 3 heterocycles. The van der Waals surface area contributed by atoms with Gasteiger partial charge < -0.3 is 24.7 Å². The third-order valence-electron chi connectivity index (χ3n) is 7.55. The second-order valence-corrected chi connectivity index (χ2v) is 12.9. The van der Waals surface area contributed by atoms with Gasteiger partial charge in [0, 0.05) is 57.3 Å². The van der Waals surface area contributed by atoms with Gasteiger partial charge >= 0.3 is 6.18 Å². The number of benzene rings is 2. The molecule has 2 aliphatic rings. The van der Waals surface area contributed by atoms with E-state index in [9.17, 15) is 26.4 Å². The summed E-state index contributed by atoms with van der Waals surface area (Å²) in [5, 5.41) is 0.507. The zero-order chi connectivity index (χ0) is 33.1. The predicted molar refractivity (Wildman–Crippen MR) is 165 cm³/mol. The van der Waals surface area contributed by atoms with Crippen molar-refractivity contribution in [1.29, 1.82) is 0 Å². The number of nitrogens with two attached hydrogens (primary N) is 1. The number of hydrogen-bond donors (Lipinski definition) is 2. The van der Waals surface area contributed by atoms with Crippen LogP contribution < -0.4 is 15.2 Å². The van der Waals surface area contributed by atoms with Crippen molar-refractivity contribution < 1.29 is 40.4 Å². The van der Waals surface area contributed by atoms with E-state index < -0.39 is 28.2 Å². The number of ether oxygens (including phenoxy) is 2. The fourth-order valence-electron chi connectivity index (χ4n) is 4.90. The molecular formula is C31H34F3N5O6S. The van der Waals surface area contributed by atoms with E-state index in [0.717, 1.165) is 16.5 Å². The number of fused-ring (bicyclic) bond motifs is 1. The quantitative estimate of drug-likeness (QED) is 0.253. The molecule has 0 bridgehead atoms. The molecule has 6 rings (SSSR count). The molecule has 0 unspecified atom stereocenters. The molecule has 1 saturated heterocycles. The highest BCUT2D eigenvalue weighted by atomic mass is 32.2. The van der Waals surface area contributed by atoms with Gasteiger partial charge in [-0.2, -0.15) is 21.6 Å². The molecule has 1 amide bonds. The Balaban J connectivity index is 0.000000527. The lowest BCUT2D eigenvalue weighted by molar-refractivity contribution is -0.153. The van der Waals surface area contributed by atoms with Crippen molar-refractivity contribution in [2.75, 3.05) is 38.5 Å². The number of halogens is 3. The van der Waals surface area contributed by atoms with E-state index in [0.29, 0.717) is 68.6 Å². The molecule has 2 aromatic heterocycles. The van der Waals surface area contributed by atoms with Crippen LogP contribution in [0.15, 0.2) is 66.9 Å². The van der Waals surface area contributed by atoms with Crippen LogP contribution in [0, 0.1) is 0 Å². The minimum absolute atomic E-state index is 0.0396. The van der Waals surface area contributed by atoms with Crippen LogP contribution >= 0.6 is 0 Å². The predicted octanol–water partition coefficient (Wildman–Crippen LogP) is 4.88. The molecule has 0 spiro atoms. The summed E-state index contributed by atoms with van der Waals surface area (Å²) in [7, 11) is -1.77. The lowest BCUT2D eigenvalue weighted by Gasteiger charge is -2.34. The van der Waals surface area contributed by atoms with Crippen LogP contribution in [0.1, 0.15) is 28.9 Å². The topological polar surface area (TPSA) is 140 Å². The van der Waals surface area contributed by atoms with Crippen molar-refractivity contribution >= 4 is 32.6 Å². The first-order chi connectivity index (χ1) is 21.7. The van der Waals surface area contributed by atoms with Crippen LogP contribution in [0.5, 0.6) is 17.4 Å². The molecule has 0 radical (unpaired) electrons. The minimum Gasteiger partial charge on any atom is -0.484 e. The summed E-state index contributed by atoms with van der Waals surface area (Å²) in [6.45, 7) is 1.86. The van der Waals surface area contributed by atoms with Gasteiger partial charge in [0.2, 0.25) is 5.88 Å². The number of aromatic nitrogens is 2. The number of piperazine rings is 1. The van der Waals surface area contributed by atoms with E-state index in [1.807, 2.05) is 40.8 Å². The van der Waals surface area contributed by atoms with E-state index in [4.69, 9.17) is 19.8 Å². The van der Waals surface area contributed by atoms with Crippen molar-refractivity contribution in [3.8, 4) is 17.4 Å². The molecule has 2 aromatic carbocycles. The maximum Gasteiger partial charge on any atom is 0.422 e. The van der Waals surface area contributed by atoms with Gasteiger partial charge in [0.1, 0.15) is 17.2 Å². The lowest BCUT2D eigenvalue weighted by atomic mass is 10.2. The van der Waals surface area contributed by atoms with Crippen molar-refractivity contribution in [3.63, 3.8) is 0 Å². The monoisotopic (exact) mass is 661 g/mol. The summed E-state index contributed by atoms with van der Waals surface area (Å²) >= 11 is 0. The molecule has 1 aliphatic carbocycles. The average Bonchev–Trinajstić information content (AvgIpc) is 3.83. The fourth-order valence-corrected chi connectivity index (χ4v) is 5.63. The number of hydrogen-bond acceptors (Lipinski definition) is 8. The third kappa shape index (κ3) is 8.89. The standard InChI is InChI=1S/C28H28F3N5O3.C3H6O3S/c1-34-24-15-23(39-26-9-5-21(32)16-33-26)8-4-20(24)14-25(34)27(37)36-12-10-35(11-13-36)17-19-2-6-22(7-3-19)38-18-28(29,30)31;4-7(5,6)3-1-2-3/h2-9,14-16H,10-13,17-18,32H2,1H3;3H,1-2H2,(H,4,5,6). The van der Waals surface area contributed by atoms with Crippen LogP contribution in [-0.2, 0) is 23.7 Å². The number of aryl methyl sites for hydroxylation is 1. The summed E-state index contributed by atoms with van der Waals surface area (Å²) in [5.74, 6) is 1.18. The largest absolute Gasteiger partial charge is 0.484 e. The van der Waals surface area contributed by atoms with Crippen LogP contribution in [0.3, 0.4) is 0 Å². The Morgan fingerprint density at radius 3 is 2.24 bits per heavy atom. The van der Waals surface area contributed by atoms with Gasteiger partial charge in [-0.3, -0.25) is 14.2 Å². The minimum atomic E-state index is -4.37. The molecule has 46 heavy (non-hydrogen) atoms. The normalized spacial score (nSPS) is 15.7. The van der Waals surface area contributed by atoms with Gasteiger partial charge in [0.15, 0.2) is 6.61 Å². The highest BCUT2D eigenvalue weighted by Gasteiger charge is 2.34. The molecule has 0 atom stereocenters. The number of carbonyl (C=O) groups is 1. The molecular weight excluding hydrogens is 627 g/mol. The Bertz CT molecular complexity index is 1770. The van der Waals surface area contributed by atoms with E-state index in [2.05, 4.69) is 9.88 Å². The van der Waals surface area contributed by atoms with E-state index in [1.165, 1.54) is 6.20 Å². The van der Waals surface area contributed by atoms with Gasteiger partial charge in [-0.15, -0.1) is 0 Å². The molecule has 2 fully saturated rings. The summed E-state index contributed by atoms with van der Waals surface area (Å²) in [4.78, 5) is 21.6. The van der Waals surface area contributed by atoms with Crippen molar-refractivity contribution in [1.82, 2.24) is 19.4 Å². The van der Waals surface area contributed by atoms with Crippen LogP contribution in [0.4, 0.5) is 18.9 Å². The summed E-state index contributed by atoms with van der Waals surface area (Å²) < 4.78 is 77.5. The van der Waals surface area contributed by atoms with Gasteiger partial charge in [0.05, 0.1) is 22.7 Å². The number of carbonyl (C=O) groups excluding carboxylic acids is 1. The zero-order valence-corrected chi connectivity index (χ0v) is 25.8. The molecule has 1 aliphatic heterocycles. The number of nitrogens with zero attached hydrogens (tertiary/aromatic N) is 4. The third-order valence-corrected chi connectivity index (χ3v) is 8.87. The van der Waals surface area contributed by atoms with Gasteiger partial charge in [-0.1, -0.05) is 12.1 Å². The number of alkyl halides is 3. The van der Waals surface area contributed by atoms with Crippen molar-refractivity contribution in [3.05, 3.63) is 78.1 Å². The Labute approximate surface area is 264 Å². The number of anilines is 1. The number of amides is 1. The Morgan fingerprint density at radius 1 is 1.00 bits per heavy atom. The first-order valence-electron chi connectivity index (χ1n) is 14.5. The van der Waals surface area contributed by atoms with Crippen LogP contribution in [0.25, 0.3) is 10.9 Å². The second-order valence-electron chi connectivity index (χ2n) is 11.2. The molecule has 15 heteroatoms. The van der Waals surface area contributed by atoms with Crippen molar-refractivity contribution in [2.45, 2.75) is 30.8 Å². The highest BCUT2D eigenvalue weighted by Crippen LogP contribution is 2.28. The van der Waals surface area contributed by atoms with E-state index in [1.54, 1.807) is 36.4 Å². The summed E-state index contributed by atoms with van der Waals surface area (Å²) in [5.41, 5.74) is 8.66. The Hall–Kier alpha value is -4.34. The number of nitrogen functional groups attached to an aromatic ring is 1. The number of rotatable bonds is 8. The Kier molecular flexibility index (Phi) is 9.74. The van der Waals surface area contributed by atoms with Gasteiger partial charge in [-0.05, 0) is 54.8 Å². The maximum atomic E-state index is 13.4. The number of pyridine rings is 1. The maximum absolute atomic E-state index is 13.4. The van der Waals surface area contributed by atoms with Crippen molar-refractivity contribution in [2.24, 2.45) is 7.05 Å². The van der Waals surface area contributed by atoms with Gasteiger partial charge in [-0.25, -0.2) is 4.98 Å². The molecule has 1 saturated carbocycles.